The first-order chi connectivity index (χ1) is 15.9. The fraction of sp³-hybridized carbons (Fsp3) is 0.308. The van der Waals surface area contributed by atoms with Gasteiger partial charge in [0.25, 0.3) is 0 Å². The van der Waals surface area contributed by atoms with Crippen molar-refractivity contribution in [3.05, 3.63) is 89.0 Å². The van der Waals surface area contributed by atoms with Crippen molar-refractivity contribution < 1.29 is 14.7 Å². The summed E-state index contributed by atoms with van der Waals surface area (Å²) in [6.07, 6.45) is 8.22. The largest absolute Gasteiger partial charge is 0.481 e. The Morgan fingerprint density at radius 3 is 2.67 bits per heavy atom. The maximum atomic E-state index is 12.4. The predicted octanol–water partition coefficient (Wildman–Crippen LogP) is 4.17. The molecule has 3 heterocycles. The van der Waals surface area contributed by atoms with Crippen LogP contribution in [0.4, 0.5) is 0 Å². The van der Waals surface area contributed by atoms with Crippen molar-refractivity contribution >= 4 is 17.3 Å². The second-order valence-electron chi connectivity index (χ2n) is 8.87. The molecule has 2 aromatic heterocycles. The molecule has 0 fully saturated rings. The first kappa shape index (κ1) is 21.1. The summed E-state index contributed by atoms with van der Waals surface area (Å²) in [5, 5.41) is 18.7. The first-order valence-corrected chi connectivity index (χ1v) is 11.1. The molecule has 7 nitrogen and oxygen atoms in total. The van der Waals surface area contributed by atoms with Gasteiger partial charge in [0.1, 0.15) is 6.10 Å². The van der Waals surface area contributed by atoms with Crippen molar-refractivity contribution in [2.75, 3.05) is 0 Å². The molecule has 168 valence electrons. The molecule has 1 aliphatic heterocycles. The van der Waals surface area contributed by atoms with E-state index in [9.17, 15) is 9.90 Å². The molecule has 0 bridgehead atoms. The lowest BCUT2D eigenvalue weighted by Gasteiger charge is -2.29. The summed E-state index contributed by atoms with van der Waals surface area (Å²) in [5.74, 6) is -1.68. The predicted molar refractivity (Wildman–Crippen MR) is 125 cm³/mol. The smallest absolute Gasteiger partial charge is 0.311 e. The lowest BCUT2D eigenvalue weighted by atomic mass is 9.75. The number of hydrogen-bond donors (Lipinski definition) is 1. The number of aryl methyl sites for hydroxylation is 1. The fourth-order valence-corrected chi connectivity index (χ4v) is 5.08. The molecule has 0 radical (unpaired) electrons. The lowest BCUT2D eigenvalue weighted by molar-refractivity contribution is -0.139. The van der Waals surface area contributed by atoms with Crippen LogP contribution in [0.1, 0.15) is 53.6 Å². The second-order valence-corrected chi connectivity index (χ2v) is 8.87. The van der Waals surface area contributed by atoms with Crippen molar-refractivity contribution in [3.8, 4) is 0 Å². The Morgan fingerprint density at radius 1 is 1.24 bits per heavy atom. The minimum absolute atomic E-state index is 0.0402. The molecule has 1 aromatic carbocycles. The van der Waals surface area contributed by atoms with Crippen LogP contribution in [0.15, 0.2) is 66.2 Å². The Kier molecular flexibility index (Phi) is 5.32. The zero-order chi connectivity index (χ0) is 23.1. The number of nitrogens with zero attached hydrogens (tertiary/aromatic N) is 4. The summed E-state index contributed by atoms with van der Waals surface area (Å²) < 4.78 is 1.75. The molecule has 0 saturated carbocycles. The van der Waals surface area contributed by atoms with Crippen molar-refractivity contribution in [3.63, 3.8) is 0 Å². The van der Waals surface area contributed by atoms with E-state index in [1.54, 1.807) is 10.9 Å². The summed E-state index contributed by atoms with van der Waals surface area (Å²) in [4.78, 5) is 22.8. The van der Waals surface area contributed by atoms with Gasteiger partial charge in [-0.1, -0.05) is 47.6 Å². The molecule has 5 rings (SSSR count). The summed E-state index contributed by atoms with van der Waals surface area (Å²) in [6, 6.07) is 11.6. The number of carbonyl (C=O) groups is 1. The van der Waals surface area contributed by atoms with Gasteiger partial charge in [-0.3, -0.25) is 14.5 Å². The van der Waals surface area contributed by atoms with Crippen LogP contribution in [0.2, 0.25) is 0 Å². The number of fused-ring (bicyclic) bond motifs is 1. The van der Waals surface area contributed by atoms with Crippen LogP contribution in [0, 0.1) is 5.92 Å². The molecule has 4 atom stereocenters. The average molecular weight is 443 g/mol. The van der Waals surface area contributed by atoms with Gasteiger partial charge in [0, 0.05) is 30.6 Å². The third-order valence-corrected chi connectivity index (χ3v) is 6.59. The highest BCUT2D eigenvalue weighted by Gasteiger charge is 2.35. The van der Waals surface area contributed by atoms with E-state index >= 15 is 0 Å². The monoisotopic (exact) mass is 442 g/mol. The molecule has 0 spiro atoms. The molecule has 0 amide bonds. The van der Waals surface area contributed by atoms with E-state index in [0.717, 1.165) is 39.2 Å². The van der Waals surface area contributed by atoms with Crippen molar-refractivity contribution in [2.45, 2.75) is 38.2 Å². The molecular weight excluding hydrogens is 416 g/mol. The summed E-state index contributed by atoms with van der Waals surface area (Å²) in [7, 11) is 1.87. The Bertz CT molecular complexity index is 1260. The van der Waals surface area contributed by atoms with Crippen LogP contribution in [0.5, 0.6) is 0 Å². The Morgan fingerprint density at radius 2 is 2.03 bits per heavy atom. The summed E-state index contributed by atoms with van der Waals surface area (Å²) in [6.45, 7) is 3.97. The normalized spacial score (nSPS) is 22.7. The van der Waals surface area contributed by atoms with Crippen LogP contribution >= 0.6 is 0 Å². The molecular formula is C26H26N4O3. The minimum Gasteiger partial charge on any atom is -0.481 e. The maximum absolute atomic E-state index is 12.4. The van der Waals surface area contributed by atoms with Gasteiger partial charge in [-0.25, -0.2) is 0 Å². The number of hydrogen-bond acceptors (Lipinski definition) is 5. The number of allylic oxidation sites excluding steroid dienone is 1. The molecule has 3 aromatic rings. The second kappa shape index (κ2) is 8.31. The Balaban J connectivity index is 1.62. The van der Waals surface area contributed by atoms with E-state index in [1.807, 2.05) is 63.6 Å². The quantitative estimate of drug-likeness (QED) is 0.641. The number of carboxylic acid groups (broad SMARTS) is 1. The molecule has 1 aliphatic carbocycles. The van der Waals surface area contributed by atoms with Gasteiger partial charge in [0.2, 0.25) is 0 Å². The molecule has 33 heavy (non-hydrogen) atoms. The van der Waals surface area contributed by atoms with Gasteiger partial charge in [-0.2, -0.15) is 5.10 Å². The molecule has 4 unspecified atom stereocenters. The highest BCUT2D eigenvalue weighted by Crippen LogP contribution is 2.40. The van der Waals surface area contributed by atoms with Crippen LogP contribution in [-0.2, 0) is 23.1 Å². The van der Waals surface area contributed by atoms with Gasteiger partial charge in [-0.05, 0) is 42.9 Å². The van der Waals surface area contributed by atoms with E-state index in [-0.39, 0.29) is 17.9 Å². The van der Waals surface area contributed by atoms with E-state index in [4.69, 9.17) is 9.82 Å². The molecule has 0 saturated heterocycles. The summed E-state index contributed by atoms with van der Waals surface area (Å²) >= 11 is 0. The lowest BCUT2D eigenvalue weighted by Crippen LogP contribution is -2.26. The number of rotatable bonds is 5. The van der Waals surface area contributed by atoms with E-state index in [2.05, 4.69) is 22.4 Å². The van der Waals surface area contributed by atoms with Crippen LogP contribution in [0.25, 0.3) is 5.57 Å². The number of benzene rings is 1. The van der Waals surface area contributed by atoms with Gasteiger partial charge in [0.05, 0.1) is 29.4 Å². The molecule has 2 aliphatic rings. The van der Waals surface area contributed by atoms with Crippen molar-refractivity contribution in [1.29, 1.82) is 0 Å². The van der Waals surface area contributed by atoms with Crippen molar-refractivity contribution in [2.24, 2.45) is 18.1 Å². The SMILES string of the molecule is CC1=NOC(C)C1c1cnc2c(c1)CC(C(C(=O)O)c1ccccc1)C=C2c1cnn(C)c1. The highest BCUT2D eigenvalue weighted by atomic mass is 16.6. The first-order valence-electron chi connectivity index (χ1n) is 11.1. The number of aliphatic carboxylic acids is 1. The Labute approximate surface area is 192 Å². The van der Waals surface area contributed by atoms with Crippen LogP contribution in [-0.4, -0.2) is 37.7 Å². The van der Waals surface area contributed by atoms with Crippen molar-refractivity contribution in [1.82, 2.24) is 14.8 Å². The standard InChI is InChI=1S/C26H26N4O3/c1-15-23(16(2)33-29-15)20-10-19-9-18(24(26(31)32)17-7-5-4-6-8-17)11-22(25(19)27-12-20)21-13-28-30(3)14-21/h4-8,10-14,16,18,23-24H,9H2,1-3H3,(H,31,32). The zero-order valence-electron chi connectivity index (χ0n) is 18.8. The van der Waals surface area contributed by atoms with Crippen LogP contribution in [0.3, 0.4) is 0 Å². The zero-order valence-corrected chi connectivity index (χ0v) is 18.8. The molecule has 1 N–H and O–H groups in total. The van der Waals surface area contributed by atoms with E-state index < -0.39 is 11.9 Å². The van der Waals surface area contributed by atoms with E-state index in [1.165, 1.54) is 0 Å². The Hall–Kier alpha value is -3.74. The fourth-order valence-electron chi connectivity index (χ4n) is 5.08. The van der Waals surface area contributed by atoms with Gasteiger partial charge >= 0.3 is 5.97 Å². The maximum Gasteiger partial charge on any atom is 0.311 e. The molecule has 7 heteroatoms. The van der Waals surface area contributed by atoms with E-state index in [0.29, 0.717) is 6.42 Å². The van der Waals surface area contributed by atoms with Gasteiger partial charge in [0.15, 0.2) is 0 Å². The third kappa shape index (κ3) is 3.84. The number of pyridine rings is 1. The van der Waals surface area contributed by atoms with Gasteiger partial charge < -0.3 is 9.94 Å². The van der Waals surface area contributed by atoms with Crippen LogP contribution < -0.4 is 0 Å². The van der Waals surface area contributed by atoms with Gasteiger partial charge in [-0.15, -0.1) is 0 Å². The average Bonchev–Trinajstić information content (AvgIpc) is 3.38. The minimum atomic E-state index is -0.832. The topological polar surface area (TPSA) is 89.6 Å². The number of carboxylic acids is 1. The number of oxime groups is 1. The highest BCUT2D eigenvalue weighted by molar-refractivity contribution is 5.90. The third-order valence-electron chi connectivity index (χ3n) is 6.59. The number of aromatic nitrogens is 3. The summed E-state index contributed by atoms with van der Waals surface area (Å²) in [5.41, 5.74) is 6.52.